The van der Waals surface area contributed by atoms with Crippen LogP contribution in [0.2, 0.25) is 18.1 Å². The van der Waals surface area contributed by atoms with E-state index < -0.39 is 8.80 Å². The predicted molar refractivity (Wildman–Crippen MR) is 52.4 cm³/mol. The maximum atomic E-state index is 2.45. The van der Waals surface area contributed by atoms with E-state index in [4.69, 9.17) is 0 Å². The van der Waals surface area contributed by atoms with Crippen LogP contribution in [0.1, 0.15) is 40.0 Å². The van der Waals surface area contributed by atoms with E-state index in [9.17, 15) is 0 Å². The zero-order valence-electron chi connectivity index (χ0n) is 8.20. The Bertz CT molecular complexity index is 84.7. The van der Waals surface area contributed by atoms with Crippen molar-refractivity contribution in [2.45, 2.75) is 58.2 Å². The number of hydrogen-bond acceptors (Lipinski definition) is 0. The molecule has 0 rings (SSSR count). The van der Waals surface area contributed by atoms with Gasteiger partial charge in [0.05, 0.1) is 0 Å². The standard InChI is InChI=1S/C9H22Si/c1-6-7-8-9(2,3)10(4)5/h10H,6-8H2,1-5H3. The van der Waals surface area contributed by atoms with Crippen LogP contribution in [0.15, 0.2) is 0 Å². The van der Waals surface area contributed by atoms with Crippen LogP contribution in [0.5, 0.6) is 0 Å². The molecule has 62 valence electrons. The molecule has 0 aliphatic rings. The van der Waals surface area contributed by atoms with Crippen molar-refractivity contribution in [1.82, 2.24) is 0 Å². The summed E-state index contributed by atoms with van der Waals surface area (Å²) < 4.78 is 0. The maximum absolute atomic E-state index is 2.45. The van der Waals surface area contributed by atoms with Gasteiger partial charge in [0.15, 0.2) is 0 Å². The molecule has 0 nitrogen and oxygen atoms in total. The fraction of sp³-hybridized carbons (Fsp3) is 1.00. The molecule has 0 aromatic rings. The van der Waals surface area contributed by atoms with Gasteiger partial charge >= 0.3 is 0 Å². The highest BCUT2D eigenvalue weighted by atomic mass is 28.3. The quantitative estimate of drug-likeness (QED) is 0.550. The van der Waals surface area contributed by atoms with Crippen molar-refractivity contribution < 1.29 is 0 Å². The normalized spacial score (nSPS) is 12.6. The van der Waals surface area contributed by atoms with Crippen molar-refractivity contribution in [2.24, 2.45) is 0 Å². The summed E-state index contributed by atoms with van der Waals surface area (Å²) in [5, 5.41) is 0.690. The van der Waals surface area contributed by atoms with E-state index in [0.29, 0.717) is 5.04 Å². The number of rotatable bonds is 4. The molecular formula is C9H22Si. The van der Waals surface area contributed by atoms with Crippen molar-refractivity contribution in [2.75, 3.05) is 0 Å². The molecule has 0 aliphatic heterocycles. The molecule has 0 radical (unpaired) electrons. The van der Waals surface area contributed by atoms with E-state index in [1.54, 1.807) is 0 Å². The molecule has 0 atom stereocenters. The van der Waals surface area contributed by atoms with Gasteiger partial charge in [-0.05, 0) is 5.04 Å². The van der Waals surface area contributed by atoms with Gasteiger partial charge in [0.25, 0.3) is 0 Å². The molecule has 0 spiro atoms. The molecule has 10 heavy (non-hydrogen) atoms. The zero-order valence-corrected chi connectivity index (χ0v) is 9.35. The van der Waals surface area contributed by atoms with Gasteiger partial charge in [-0.25, -0.2) is 0 Å². The average molecular weight is 158 g/mol. The van der Waals surface area contributed by atoms with Crippen molar-refractivity contribution in [1.29, 1.82) is 0 Å². The van der Waals surface area contributed by atoms with Crippen LogP contribution in [0.4, 0.5) is 0 Å². The molecule has 0 aromatic carbocycles. The molecule has 0 saturated heterocycles. The van der Waals surface area contributed by atoms with Gasteiger partial charge in [-0.3, -0.25) is 0 Å². The second-order valence-electron chi connectivity index (χ2n) is 4.25. The molecule has 1 heteroatoms. The summed E-state index contributed by atoms with van der Waals surface area (Å²) >= 11 is 0. The minimum Gasteiger partial charge on any atom is -0.0718 e. The molecule has 0 bridgehead atoms. The first kappa shape index (κ1) is 10.2. The van der Waals surface area contributed by atoms with Crippen LogP contribution in [-0.2, 0) is 0 Å². The second-order valence-corrected chi connectivity index (χ2v) is 8.12. The Morgan fingerprint density at radius 3 is 2.00 bits per heavy atom. The average Bonchev–Trinajstić information content (AvgIpc) is 1.84. The van der Waals surface area contributed by atoms with Gasteiger partial charge in [0.2, 0.25) is 0 Å². The zero-order chi connectivity index (χ0) is 8.20. The van der Waals surface area contributed by atoms with Crippen LogP contribution in [0, 0.1) is 0 Å². The van der Waals surface area contributed by atoms with E-state index >= 15 is 0 Å². The van der Waals surface area contributed by atoms with Gasteiger partial charge in [-0.15, -0.1) is 0 Å². The van der Waals surface area contributed by atoms with Crippen molar-refractivity contribution >= 4 is 8.80 Å². The summed E-state index contributed by atoms with van der Waals surface area (Å²) in [4.78, 5) is 0. The molecule has 0 saturated carbocycles. The highest BCUT2D eigenvalue weighted by Gasteiger charge is 2.21. The van der Waals surface area contributed by atoms with Crippen molar-refractivity contribution in [3.8, 4) is 0 Å². The summed E-state index contributed by atoms with van der Waals surface area (Å²) in [7, 11) is -0.411. The smallest absolute Gasteiger partial charge is 0.0364 e. The lowest BCUT2D eigenvalue weighted by Crippen LogP contribution is -2.20. The molecule has 0 heterocycles. The predicted octanol–water partition coefficient (Wildman–Crippen LogP) is 3.44. The Balaban J connectivity index is 3.63. The minimum atomic E-state index is -0.411. The first-order valence-electron chi connectivity index (χ1n) is 4.50. The monoisotopic (exact) mass is 158 g/mol. The van der Waals surface area contributed by atoms with E-state index in [1.807, 2.05) is 0 Å². The minimum absolute atomic E-state index is 0.411. The van der Waals surface area contributed by atoms with E-state index in [1.165, 1.54) is 19.3 Å². The van der Waals surface area contributed by atoms with Crippen LogP contribution in [-0.4, -0.2) is 8.80 Å². The van der Waals surface area contributed by atoms with Crippen LogP contribution in [0.25, 0.3) is 0 Å². The van der Waals surface area contributed by atoms with Crippen molar-refractivity contribution in [3.05, 3.63) is 0 Å². The molecule has 0 aromatic heterocycles. The Labute approximate surface area is 67.6 Å². The summed E-state index contributed by atoms with van der Waals surface area (Å²) in [5.74, 6) is 0. The Morgan fingerprint density at radius 1 is 1.20 bits per heavy atom. The highest BCUT2D eigenvalue weighted by molar-refractivity contribution is 6.59. The van der Waals surface area contributed by atoms with E-state index in [0.717, 1.165) is 0 Å². The molecular weight excluding hydrogens is 136 g/mol. The fourth-order valence-electron chi connectivity index (χ4n) is 0.921. The van der Waals surface area contributed by atoms with Gasteiger partial charge in [0.1, 0.15) is 0 Å². The lowest BCUT2D eigenvalue weighted by atomic mass is 10.1. The second kappa shape index (κ2) is 4.17. The van der Waals surface area contributed by atoms with E-state index in [2.05, 4.69) is 33.9 Å². The van der Waals surface area contributed by atoms with Crippen LogP contribution >= 0.6 is 0 Å². The van der Waals surface area contributed by atoms with Gasteiger partial charge in [-0.2, -0.15) is 0 Å². The lowest BCUT2D eigenvalue weighted by molar-refractivity contribution is 0.558. The fourth-order valence-corrected chi connectivity index (χ4v) is 1.70. The van der Waals surface area contributed by atoms with Gasteiger partial charge in [0, 0.05) is 8.80 Å². The van der Waals surface area contributed by atoms with Crippen LogP contribution < -0.4 is 0 Å². The molecule has 0 aliphatic carbocycles. The first-order chi connectivity index (χ1) is 4.50. The summed E-state index contributed by atoms with van der Waals surface area (Å²) in [5.41, 5.74) is 0. The third-order valence-corrected chi connectivity index (χ3v) is 6.15. The Kier molecular flexibility index (Phi) is 4.26. The Hall–Kier alpha value is 0.217. The summed E-state index contributed by atoms with van der Waals surface area (Å²) in [6, 6.07) is 0. The number of hydrogen-bond donors (Lipinski definition) is 0. The summed E-state index contributed by atoms with van der Waals surface area (Å²) in [6.07, 6.45) is 4.20. The topological polar surface area (TPSA) is 0 Å². The number of unbranched alkanes of at least 4 members (excludes halogenated alkanes) is 1. The third kappa shape index (κ3) is 3.40. The Morgan fingerprint density at radius 2 is 1.70 bits per heavy atom. The molecule has 0 amide bonds. The lowest BCUT2D eigenvalue weighted by Gasteiger charge is -2.27. The molecule has 0 unspecified atom stereocenters. The molecule has 0 N–H and O–H groups in total. The van der Waals surface area contributed by atoms with E-state index in [-0.39, 0.29) is 0 Å². The highest BCUT2D eigenvalue weighted by Crippen LogP contribution is 2.34. The summed E-state index contributed by atoms with van der Waals surface area (Å²) in [6.45, 7) is 12.0. The van der Waals surface area contributed by atoms with Crippen molar-refractivity contribution in [3.63, 3.8) is 0 Å². The largest absolute Gasteiger partial charge is 0.0718 e. The van der Waals surface area contributed by atoms with Crippen LogP contribution in [0.3, 0.4) is 0 Å². The SMILES string of the molecule is CCCCC(C)(C)[SiH](C)C. The first-order valence-corrected chi connectivity index (χ1v) is 7.39. The molecule has 0 fully saturated rings. The van der Waals surface area contributed by atoms with Gasteiger partial charge in [-0.1, -0.05) is 53.1 Å². The third-order valence-electron chi connectivity index (χ3n) is 2.74. The van der Waals surface area contributed by atoms with Gasteiger partial charge < -0.3 is 0 Å². The maximum Gasteiger partial charge on any atom is 0.0364 e.